The van der Waals surface area contributed by atoms with E-state index in [9.17, 15) is 9.90 Å². The van der Waals surface area contributed by atoms with E-state index >= 15 is 0 Å². The Kier molecular flexibility index (Phi) is 4.75. The zero-order valence-electron chi connectivity index (χ0n) is 12.4. The quantitative estimate of drug-likeness (QED) is 0.821. The van der Waals surface area contributed by atoms with Gasteiger partial charge in [0.05, 0.1) is 5.69 Å². The minimum atomic E-state index is -0.880. The van der Waals surface area contributed by atoms with Gasteiger partial charge in [-0.05, 0) is 37.1 Å². The molecule has 0 aliphatic rings. The van der Waals surface area contributed by atoms with Crippen LogP contribution in [0.1, 0.15) is 32.3 Å². The second kappa shape index (κ2) is 6.54. The Morgan fingerprint density at radius 2 is 2.10 bits per heavy atom. The summed E-state index contributed by atoms with van der Waals surface area (Å²) in [5.74, 6) is -0.808. The molecule has 0 spiro atoms. The predicted molar refractivity (Wildman–Crippen MR) is 81.4 cm³/mol. The Labute approximate surface area is 124 Å². The van der Waals surface area contributed by atoms with Crippen molar-refractivity contribution in [3.05, 3.63) is 48.3 Å². The first-order valence-corrected chi connectivity index (χ1v) is 7.12. The van der Waals surface area contributed by atoms with Crippen molar-refractivity contribution in [2.75, 3.05) is 0 Å². The lowest BCUT2D eigenvalue weighted by Gasteiger charge is -2.26. The second-order valence-electron chi connectivity index (χ2n) is 5.36. The van der Waals surface area contributed by atoms with Gasteiger partial charge in [0.1, 0.15) is 5.54 Å². The van der Waals surface area contributed by atoms with Gasteiger partial charge < -0.3 is 5.11 Å². The van der Waals surface area contributed by atoms with E-state index in [0.29, 0.717) is 13.0 Å². The van der Waals surface area contributed by atoms with Crippen LogP contribution in [0.25, 0.3) is 5.69 Å². The monoisotopic (exact) mass is 287 g/mol. The highest BCUT2D eigenvalue weighted by Crippen LogP contribution is 2.15. The molecule has 1 heterocycles. The van der Waals surface area contributed by atoms with E-state index < -0.39 is 11.5 Å². The molecule has 0 aliphatic heterocycles. The van der Waals surface area contributed by atoms with Gasteiger partial charge in [0, 0.05) is 18.9 Å². The maximum atomic E-state index is 11.4. The molecule has 1 aromatic carbocycles. The minimum absolute atomic E-state index is 0.530. The molecule has 1 aromatic heterocycles. The predicted octanol–water partition coefficient (Wildman–Crippen LogP) is 2.61. The molecular weight excluding hydrogens is 266 g/mol. The molecule has 1 unspecified atom stereocenters. The minimum Gasteiger partial charge on any atom is -0.480 e. The summed E-state index contributed by atoms with van der Waals surface area (Å²) in [5, 5.41) is 16.7. The molecule has 112 valence electrons. The van der Waals surface area contributed by atoms with E-state index in [1.54, 1.807) is 17.8 Å². The summed E-state index contributed by atoms with van der Waals surface area (Å²) in [6.45, 7) is 4.25. The zero-order chi connectivity index (χ0) is 15.3. The summed E-state index contributed by atoms with van der Waals surface area (Å²) in [4.78, 5) is 11.4. The summed E-state index contributed by atoms with van der Waals surface area (Å²) in [7, 11) is 0. The van der Waals surface area contributed by atoms with Crippen molar-refractivity contribution < 1.29 is 9.90 Å². The fourth-order valence-corrected chi connectivity index (χ4v) is 2.26. The lowest BCUT2D eigenvalue weighted by atomic mass is 9.96. The van der Waals surface area contributed by atoms with Crippen LogP contribution in [0.15, 0.2) is 42.7 Å². The first-order chi connectivity index (χ1) is 10.0. The molecule has 0 amide bonds. The van der Waals surface area contributed by atoms with Gasteiger partial charge in [-0.15, -0.1) is 0 Å². The number of aliphatic carboxylic acids is 1. The van der Waals surface area contributed by atoms with Gasteiger partial charge in [-0.1, -0.05) is 25.5 Å². The molecule has 2 rings (SSSR count). The molecule has 1 atom stereocenters. The molecule has 5 heteroatoms. The summed E-state index contributed by atoms with van der Waals surface area (Å²) >= 11 is 0. The molecule has 0 bridgehead atoms. The standard InChI is InChI=1S/C16H21N3O2/c1-3-9-16(2,15(20)21)17-12-13-5-7-14(8-6-13)19-11-4-10-18-19/h4-8,10-11,17H,3,9,12H2,1-2H3,(H,20,21). The van der Waals surface area contributed by atoms with Gasteiger partial charge in [-0.2, -0.15) is 5.10 Å². The average Bonchev–Trinajstić information content (AvgIpc) is 3.00. The van der Waals surface area contributed by atoms with E-state index in [1.165, 1.54) is 0 Å². The van der Waals surface area contributed by atoms with Crippen molar-refractivity contribution in [1.82, 2.24) is 15.1 Å². The van der Waals surface area contributed by atoms with Crippen molar-refractivity contribution in [2.45, 2.75) is 38.8 Å². The largest absolute Gasteiger partial charge is 0.480 e. The molecular formula is C16H21N3O2. The normalized spacial score (nSPS) is 13.8. The van der Waals surface area contributed by atoms with Crippen LogP contribution in [0.2, 0.25) is 0 Å². The molecule has 0 aliphatic carbocycles. The first kappa shape index (κ1) is 15.3. The number of hydrogen-bond donors (Lipinski definition) is 2. The number of nitrogens with one attached hydrogen (secondary N) is 1. The van der Waals surface area contributed by atoms with Crippen LogP contribution < -0.4 is 5.32 Å². The Morgan fingerprint density at radius 3 is 2.62 bits per heavy atom. The number of carboxylic acid groups (broad SMARTS) is 1. The van der Waals surface area contributed by atoms with Crippen molar-refractivity contribution in [3.63, 3.8) is 0 Å². The van der Waals surface area contributed by atoms with E-state index in [0.717, 1.165) is 17.7 Å². The number of rotatable bonds is 7. The Balaban J connectivity index is 2.02. The van der Waals surface area contributed by atoms with Crippen LogP contribution in [-0.2, 0) is 11.3 Å². The molecule has 0 radical (unpaired) electrons. The third-order valence-corrected chi connectivity index (χ3v) is 3.61. The van der Waals surface area contributed by atoms with Gasteiger partial charge in [-0.3, -0.25) is 10.1 Å². The van der Waals surface area contributed by atoms with Gasteiger partial charge in [0.15, 0.2) is 0 Å². The Morgan fingerprint density at radius 1 is 1.38 bits per heavy atom. The number of hydrogen-bond acceptors (Lipinski definition) is 3. The number of nitrogens with zero attached hydrogens (tertiary/aromatic N) is 2. The maximum Gasteiger partial charge on any atom is 0.323 e. The van der Waals surface area contributed by atoms with Crippen molar-refractivity contribution >= 4 is 5.97 Å². The molecule has 0 saturated carbocycles. The van der Waals surface area contributed by atoms with Crippen molar-refractivity contribution in [1.29, 1.82) is 0 Å². The smallest absolute Gasteiger partial charge is 0.323 e. The summed E-state index contributed by atoms with van der Waals surface area (Å²) < 4.78 is 1.79. The molecule has 0 fully saturated rings. The van der Waals surface area contributed by atoms with E-state index in [1.807, 2.05) is 43.5 Å². The Bertz CT molecular complexity index is 578. The third-order valence-electron chi connectivity index (χ3n) is 3.61. The summed E-state index contributed by atoms with van der Waals surface area (Å²) in [5.41, 5.74) is 1.16. The highest BCUT2D eigenvalue weighted by Gasteiger charge is 2.31. The number of carboxylic acids is 1. The molecule has 21 heavy (non-hydrogen) atoms. The fourth-order valence-electron chi connectivity index (χ4n) is 2.26. The van der Waals surface area contributed by atoms with Gasteiger partial charge in [0.2, 0.25) is 0 Å². The maximum absolute atomic E-state index is 11.4. The van der Waals surface area contributed by atoms with Crippen LogP contribution in [0.3, 0.4) is 0 Å². The van der Waals surface area contributed by atoms with Crippen LogP contribution in [0.4, 0.5) is 0 Å². The lowest BCUT2D eigenvalue weighted by molar-refractivity contribution is -0.144. The molecule has 2 aromatic rings. The number of aromatic nitrogens is 2. The highest BCUT2D eigenvalue weighted by molar-refractivity contribution is 5.78. The molecule has 0 saturated heterocycles. The second-order valence-corrected chi connectivity index (χ2v) is 5.36. The van der Waals surface area contributed by atoms with E-state index in [-0.39, 0.29) is 0 Å². The van der Waals surface area contributed by atoms with Crippen LogP contribution in [0.5, 0.6) is 0 Å². The summed E-state index contributed by atoms with van der Waals surface area (Å²) in [6, 6.07) is 9.79. The Hall–Kier alpha value is -2.14. The lowest BCUT2D eigenvalue weighted by Crippen LogP contribution is -2.48. The first-order valence-electron chi connectivity index (χ1n) is 7.12. The van der Waals surface area contributed by atoms with Gasteiger partial charge in [-0.25, -0.2) is 4.68 Å². The van der Waals surface area contributed by atoms with Gasteiger partial charge in [0.25, 0.3) is 0 Å². The molecule has 5 nitrogen and oxygen atoms in total. The zero-order valence-corrected chi connectivity index (χ0v) is 12.4. The summed E-state index contributed by atoms with van der Waals surface area (Å²) in [6.07, 6.45) is 5.05. The third kappa shape index (κ3) is 3.70. The van der Waals surface area contributed by atoms with Crippen LogP contribution in [-0.4, -0.2) is 26.4 Å². The number of benzene rings is 1. The van der Waals surface area contributed by atoms with E-state index in [4.69, 9.17) is 0 Å². The van der Waals surface area contributed by atoms with Crippen LogP contribution in [0, 0.1) is 0 Å². The number of carbonyl (C=O) groups is 1. The topological polar surface area (TPSA) is 67.2 Å². The highest BCUT2D eigenvalue weighted by atomic mass is 16.4. The SMILES string of the molecule is CCCC(C)(NCc1ccc(-n2cccn2)cc1)C(=O)O. The van der Waals surface area contributed by atoms with Gasteiger partial charge >= 0.3 is 5.97 Å². The van der Waals surface area contributed by atoms with Crippen LogP contribution >= 0.6 is 0 Å². The average molecular weight is 287 g/mol. The van der Waals surface area contributed by atoms with Crippen molar-refractivity contribution in [3.8, 4) is 5.69 Å². The van der Waals surface area contributed by atoms with Crippen molar-refractivity contribution in [2.24, 2.45) is 0 Å². The van der Waals surface area contributed by atoms with E-state index in [2.05, 4.69) is 10.4 Å². The fraction of sp³-hybridized carbons (Fsp3) is 0.375. The molecule has 2 N–H and O–H groups in total.